The molecule has 0 amide bonds. The number of nitrogens with zero attached hydrogens (tertiary/aromatic N) is 3. The summed E-state index contributed by atoms with van der Waals surface area (Å²) in [4.78, 5) is 21.2. The second-order valence-corrected chi connectivity index (χ2v) is 5.93. The normalized spacial score (nSPS) is 11.1. The highest BCUT2D eigenvalue weighted by Gasteiger charge is 2.15. The maximum Gasteiger partial charge on any atom is 0.273 e. The molecule has 0 aliphatic carbocycles. The molecule has 1 aromatic carbocycles. The average molecular weight is 337 g/mol. The van der Waals surface area contributed by atoms with Crippen molar-refractivity contribution in [2.24, 2.45) is 0 Å². The van der Waals surface area contributed by atoms with E-state index in [9.17, 15) is 4.79 Å². The zero-order valence-corrected chi connectivity index (χ0v) is 13.6. The van der Waals surface area contributed by atoms with Gasteiger partial charge < -0.3 is 0 Å². The van der Waals surface area contributed by atoms with Crippen LogP contribution in [0.3, 0.4) is 0 Å². The van der Waals surface area contributed by atoms with Crippen LogP contribution in [-0.4, -0.2) is 19.6 Å². The number of aromatic nitrogens is 4. The van der Waals surface area contributed by atoms with E-state index < -0.39 is 0 Å². The van der Waals surface area contributed by atoms with Gasteiger partial charge >= 0.3 is 0 Å². The summed E-state index contributed by atoms with van der Waals surface area (Å²) in [6.45, 7) is 1.92. The lowest BCUT2D eigenvalue weighted by atomic mass is 10.1. The number of benzene rings is 1. The van der Waals surface area contributed by atoms with Crippen LogP contribution in [0.15, 0.2) is 59.7 Å². The van der Waals surface area contributed by atoms with Crippen LogP contribution in [-0.2, 0) is 0 Å². The van der Waals surface area contributed by atoms with Crippen molar-refractivity contribution in [3.05, 3.63) is 75.9 Å². The molecule has 0 saturated heterocycles. The van der Waals surface area contributed by atoms with E-state index >= 15 is 0 Å². The summed E-state index contributed by atoms with van der Waals surface area (Å²) in [6, 6.07) is 12.7. The van der Waals surface area contributed by atoms with Crippen LogP contribution >= 0.6 is 11.6 Å². The predicted molar refractivity (Wildman–Crippen MR) is 94.2 cm³/mol. The van der Waals surface area contributed by atoms with Crippen LogP contribution < -0.4 is 5.56 Å². The standard InChI is InChI=1S/C18H13ClN4O/c1-11-17(13-2-4-14(19)5-3-13)18-21-15(10-16(24)23(18)22-11)12-6-8-20-9-7-12/h2-10,22H,1H3. The molecule has 4 aromatic rings. The molecule has 6 heteroatoms. The highest BCUT2D eigenvalue weighted by molar-refractivity contribution is 6.30. The lowest BCUT2D eigenvalue weighted by Crippen LogP contribution is -2.14. The van der Waals surface area contributed by atoms with Crippen molar-refractivity contribution in [2.45, 2.75) is 6.92 Å². The summed E-state index contributed by atoms with van der Waals surface area (Å²) >= 11 is 5.98. The highest BCUT2D eigenvalue weighted by Crippen LogP contribution is 2.28. The maximum atomic E-state index is 12.5. The largest absolute Gasteiger partial charge is 0.293 e. The Balaban J connectivity index is 2.01. The number of fused-ring (bicyclic) bond motifs is 1. The molecule has 3 aromatic heterocycles. The Kier molecular flexibility index (Phi) is 3.43. The zero-order valence-electron chi connectivity index (χ0n) is 12.8. The zero-order chi connectivity index (χ0) is 16.7. The van der Waals surface area contributed by atoms with Crippen molar-refractivity contribution in [2.75, 3.05) is 0 Å². The quantitative estimate of drug-likeness (QED) is 0.607. The number of hydrogen-bond donors (Lipinski definition) is 1. The number of halogens is 1. The monoisotopic (exact) mass is 336 g/mol. The van der Waals surface area contributed by atoms with E-state index in [1.165, 1.54) is 10.6 Å². The Labute approximate surface area is 142 Å². The summed E-state index contributed by atoms with van der Waals surface area (Å²) in [5.74, 6) is 0. The first kappa shape index (κ1) is 14.7. The molecule has 4 rings (SSSR count). The van der Waals surface area contributed by atoms with Crippen molar-refractivity contribution in [1.29, 1.82) is 0 Å². The van der Waals surface area contributed by atoms with Crippen LogP contribution in [0.1, 0.15) is 5.69 Å². The van der Waals surface area contributed by atoms with Gasteiger partial charge in [0, 0.05) is 40.3 Å². The van der Waals surface area contributed by atoms with Gasteiger partial charge in [0.05, 0.1) is 5.69 Å². The smallest absolute Gasteiger partial charge is 0.273 e. The number of aryl methyl sites for hydroxylation is 1. The summed E-state index contributed by atoms with van der Waals surface area (Å²) in [5, 5.41) is 3.75. The topological polar surface area (TPSA) is 63.0 Å². The lowest BCUT2D eigenvalue weighted by molar-refractivity contribution is 0.882. The van der Waals surface area contributed by atoms with Crippen LogP contribution in [0.5, 0.6) is 0 Å². The van der Waals surface area contributed by atoms with E-state index in [1.807, 2.05) is 43.3 Å². The van der Waals surface area contributed by atoms with Gasteiger partial charge in [-0.3, -0.25) is 14.9 Å². The number of H-pyrrole nitrogens is 1. The van der Waals surface area contributed by atoms with Crippen molar-refractivity contribution < 1.29 is 0 Å². The van der Waals surface area contributed by atoms with E-state index in [-0.39, 0.29) is 5.56 Å². The lowest BCUT2D eigenvalue weighted by Gasteiger charge is -2.03. The second-order valence-electron chi connectivity index (χ2n) is 5.49. The fraction of sp³-hybridized carbons (Fsp3) is 0.0556. The third kappa shape index (κ3) is 2.39. The Hall–Kier alpha value is -2.92. The first-order valence-corrected chi connectivity index (χ1v) is 7.80. The Morgan fingerprint density at radius 1 is 1.04 bits per heavy atom. The number of pyridine rings is 1. The molecule has 24 heavy (non-hydrogen) atoms. The molecule has 0 fully saturated rings. The molecule has 0 spiro atoms. The molecular weight excluding hydrogens is 324 g/mol. The van der Waals surface area contributed by atoms with Gasteiger partial charge in [-0.15, -0.1) is 0 Å². The van der Waals surface area contributed by atoms with Gasteiger partial charge in [0.25, 0.3) is 5.56 Å². The fourth-order valence-electron chi connectivity index (χ4n) is 2.78. The number of aromatic amines is 1. The van der Waals surface area contributed by atoms with Crippen molar-refractivity contribution in [3.63, 3.8) is 0 Å². The average Bonchev–Trinajstić information content (AvgIpc) is 2.93. The Bertz CT molecular complexity index is 1080. The van der Waals surface area contributed by atoms with Gasteiger partial charge in [0.1, 0.15) is 0 Å². The molecule has 0 saturated carbocycles. The molecule has 1 N–H and O–H groups in total. The van der Waals surface area contributed by atoms with E-state index in [1.54, 1.807) is 12.4 Å². The molecular formula is C18H13ClN4O. The molecule has 0 radical (unpaired) electrons. The van der Waals surface area contributed by atoms with Crippen molar-refractivity contribution in [1.82, 2.24) is 19.6 Å². The molecule has 5 nitrogen and oxygen atoms in total. The van der Waals surface area contributed by atoms with E-state index in [0.717, 1.165) is 22.4 Å². The van der Waals surface area contributed by atoms with Crippen molar-refractivity contribution >= 4 is 17.2 Å². The van der Waals surface area contributed by atoms with Gasteiger partial charge in [0.15, 0.2) is 5.65 Å². The van der Waals surface area contributed by atoms with E-state index in [4.69, 9.17) is 16.6 Å². The third-order valence-electron chi connectivity index (χ3n) is 3.91. The second kappa shape index (κ2) is 5.62. The highest BCUT2D eigenvalue weighted by atomic mass is 35.5. The molecule has 0 bridgehead atoms. The summed E-state index contributed by atoms with van der Waals surface area (Å²) < 4.78 is 1.46. The number of hydrogen-bond acceptors (Lipinski definition) is 3. The fourth-order valence-corrected chi connectivity index (χ4v) is 2.91. The van der Waals surface area contributed by atoms with Gasteiger partial charge in [-0.05, 0) is 36.8 Å². The molecule has 3 heterocycles. The molecule has 0 aliphatic rings. The van der Waals surface area contributed by atoms with E-state index in [0.29, 0.717) is 16.4 Å². The first-order chi connectivity index (χ1) is 11.6. The summed E-state index contributed by atoms with van der Waals surface area (Å²) in [6.07, 6.45) is 3.36. The number of rotatable bonds is 2. The molecule has 0 unspecified atom stereocenters. The third-order valence-corrected chi connectivity index (χ3v) is 4.16. The van der Waals surface area contributed by atoms with Crippen molar-refractivity contribution in [3.8, 4) is 22.4 Å². The van der Waals surface area contributed by atoms with Crippen LogP contribution in [0.25, 0.3) is 28.0 Å². The Morgan fingerprint density at radius 2 is 1.75 bits per heavy atom. The van der Waals surface area contributed by atoms with Crippen LogP contribution in [0, 0.1) is 6.92 Å². The van der Waals surface area contributed by atoms with Gasteiger partial charge in [-0.1, -0.05) is 23.7 Å². The van der Waals surface area contributed by atoms with Crippen LogP contribution in [0.4, 0.5) is 0 Å². The SMILES string of the molecule is Cc1[nH]n2c(=O)cc(-c3ccncc3)nc2c1-c1ccc(Cl)cc1. The van der Waals surface area contributed by atoms with Crippen LogP contribution in [0.2, 0.25) is 5.02 Å². The predicted octanol–water partition coefficient (Wildman–Crippen LogP) is 3.71. The van der Waals surface area contributed by atoms with E-state index in [2.05, 4.69) is 10.1 Å². The molecule has 0 aliphatic heterocycles. The van der Waals surface area contributed by atoms with Gasteiger partial charge in [0.2, 0.25) is 0 Å². The number of nitrogens with one attached hydrogen (secondary N) is 1. The summed E-state index contributed by atoms with van der Waals surface area (Å²) in [5.41, 5.74) is 4.62. The van der Waals surface area contributed by atoms with Gasteiger partial charge in [-0.25, -0.2) is 9.50 Å². The first-order valence-electron chi connectivity index (χ1n) is 7.42. The summed E-state index contributed by atoms with van der Waals surface area (Å²) in [7, 11) is 0. The minimum Gasteiger partial charge on any atom is -0.293 e. The minimum absolute atomic E-state index is 0.157. The maximum absolute atomic E-state index is 12.5. The Morgan fingerprint density at radius 3 is 2.46 bits per heavy atom. The molecule has 118 valence electrons. The molecule has 0 atom stereocenters. The van der Waals surface area contributed by atoms with Gasteiger partial charge in [-0.2, -0.15) is 0 Å². The minimum atomic E-state index is -0.157.